The number of fused-ring (bicyclic) bond motifs is 1. The van der Waals surface area contributed by atoms with Gasteiger partial charge in [-0.2, -0.15) is 4.31 Å². The van der Waals surface area contributed by atoms with Crippen molar-refractivity contribution in [2.24, 2.45) is 0 Å². The van der Waals surface area contributed by atoms with Gasteiger partial charge in [0.05, 0.1) is 11.4 Å². The van der Waals surface area contributed by atoms with Crippen molar-refractivity contribution in [2.45, 2.75) is 31.1 Å². The third-order valence-corrected chi connectivity index (χ3v) is 6.45. The Balaban J connectivity index is 1.64. The van der Waals surface area contributed by atoms with Crippen LogP contribution < -0.4 is 10.6 Å². The number of carbonyl (C=O) groups excluding carboxylic acids is 2. The number of anilines is 2. The van der Waals surface area contributed by atoms with E-state index in [0.29, 0.717) is 11.4 Å². The Morgan fingerprint density at radius 1 is 0.964 bits per heavy atom. The van der Waals surface area contributed by atoms with Crippen molar-refractivity contribution in [1.29, 1.82) is 0 Å². The molecule has 0 radical (unpaired) electrons. The number of aryl methyl sites for hydroxylation is 2. The Hall–Kier alpha value is -2.71. The Morgan fingerprint density at radius 2 is 1.61 bits per heavy atom. The lowest BCUT2D eigenvalue weighted by atomic mass is 10.1. The van der Waals surface area contributed by atoms with Crippen LogP contribution in [0.3, 0.4) is 0 Å². The smallest absolute Gasteiger partial charge is 0.243 e. The number of benzene rings is 2. The first-order chi connectivity index (χ1) is 13.3. The standard InChI is InChI=1S/C20H23N3O4S/c1-14(24)21-17-8-10-19(11-9-17)28(26,27)23(2)13-20(25)22-18-7-6-15-4-3-5-16(15)12-18/h6-12H,3-5,13H2,1-2H3,(H,21,24)(H,22,25). The van der Waals surface area contributed by atoms with E-state index in [1.54, 1.807) is 0 Å². The number of rotatable bonds is 6. The van der Waals surface area contributed by atoms with E-state index < -0.39 is 15.9 Å². The van der Waals surface area contributed by atoms with Crippen molar-refractivity contribution in [3.63, 3.8) is 0 Å². The van der Waals surface area contributed by atoms with Gasteiger partial charge in [-0.05, 0) is 66.8 Å². The fraction of sp³-hybridized carbons (Fsp3) is 0.300. The fourth-order valence-electron chi connectivity index (χ4n) is 3.23. The molecule has 0 aromatic heterocycles. The van der Waals surface area contributed by atoms with E-state index >= 15 is 0 Å². The van der Waals surface area contributed by atoms with E-state index in [0.717, 1.165) is 23.6 Å². The zero-order valence-electron chi connectivity index (χ0n) is 15.9. The molecule has 0 saturated heterocycles. The number of carbonyl (C=O) groups is 2. The topological polar surface area (TPSA) is 95.6 Å². The van der Waals surface area contributed by atoms with E-state index in [1.165, 1.54) is 49.4 Å². The van der Waals surface area contributed by atoms with Crippen molar-refractivity contribution in [3.8, 4) is 0 Å². The molecule has 0 aliphatic heterocycles. The lowest BCUT2D eigenvalue weighted by Gasteiger charge is -2.17. The van der Waals surface area contributed by atoms with Crippen LogP contribution in [0.15, 0.2) is 47.4 Å². The predicted octanol–water partition coefficient (Wildman–Crippen LogP) is 2.39. The molecule has 2 aromatic carbocycles. The van der Waals surface area contributed by atoms with Gasteiger partial charge < -0.3 is 10.6 Å². The van der Waals surface area contributed by atoms with Crippen LogP contribution in [0.25, 0.3) is 0 Å². The molecule has 28 heavy (non-hydrogen) atoms. The SMILES string of the molecule is CC(=O)Nc1ccc(S(=O)(=O)N(C)CC(=O)Nc2ccc3c(c2)CCC3)cc1. The fourth-order valence-corrected chi connectivity index (χ4v) is 4.36. The average molecular weight is 401 g/mol. The lowest BCUT2D eigenvalue weighted by Crippen LogP contribution is -2.35. The minimum Gasteiger partial charge on any atom is -0.326 e. The maximum atomic E-state index is 12.7. The second-order valence-corrected chi connectivity index (χ2v) is 8.90. The maximum Gasteiger partial charge on any atom is 0.243 e. The van der Waals surface area contributed by atoms with Crippen molar-refractivity contribution in [2.75, 3.05) is 24.2 Å². The maximum absolute atomic E-state index is 12.7. The molecular weight excluding hydrogens is 378 g/mol. The number of nitrogens with one attached hydrogen (secondary N) is 2. The van der Waals surface area contributed by atoms with Gasteiger partial charge in [-0.3, -0.25) is 9.59 Å². The van der Waals surface area contributed by atoms with Crippen molar-refractivity contribution >= 4 is 33.2 Å². The van der Waals surface area contributed by atoms with Crippen LogP contribution in [0.1, 0.15) is 24.5 Å². The monoisotopic (exact) mass is 401 g/mol. The summed E-state index contributed by atoms with van der Waals surface area (Å²) in [4.78, 5) is 23.4. The molecule has 148 valence electrons. The number of hydrogen-bond acceptors (Lipinski definition) is 4. The first-order valence-electron chi connectivity index (χ1n) is 9.01. The van der Waals surface area contributed by atoms with Crippen LogP contribution in [0.5, 0.6) is 0 Å². The summed E-state index contributed by atoms with van der Waals surface area (Å²) in [5, 5.41) is 5.34. The largest absolute Gasteiger partial charge is 0.326 e. The highest BCUT2D eigenvalue weighted by atomic mass is 32.2. The lowest BCUT2D eigenvalue weighted by molar-refractivity contribution is -0.116. The highest BCUT2D eigenvalue weighted by Gasteiger charge is 2.23. The van der Waals surface area contributed by atoms with E-state index in [1.807, 2.05) is 18.2 Å². The summed E-state index contributed by atoms with van der Waals surface area (Å²) in [6.07, 6.45) is 3.18. The second-order valence-electron chi connectivity index (χ2n) is 6.85. The van der Waals surface area contributed by atoms with Crippen LogP contribution in [0.4, 0.5) is 11.4 Å². The van der Waals surface area contributed by atoms with E-state index in [2.05, 4.69) is 10.6 Å². The molecule has 0 fully saturated rings. The number of hydrogen-bond donors (Lipinski definition) is 2. The summed E-state index contributed by atoms with van der Waals surface area (Å²) in [6, 6.07) is 11.6. The van der Waals surface area contributed by atoms with Gasteiger partial charge in [-0.25, -0.2) is 8.42 Å². The van der Waals surface area contributed by atoms with Gasteiger partial charge in [0.15, 0.2) is 0 Å². The number of nitrogens with zero attached hydrogens (tertiary/aromatic N) is 1. The normalized spacial score (nSPS) is 13.2. The van der Waals surface area contributed by atoms with E-state index in [9.17, 15) is 18.0 Å². The molecular formula is C20H23N3O4S. The molecule has 0 heterocycles. The molecule has 0 atom stereocenters. The van der Waals surface area contributed by atoms with Gasteiger partial charge in [0.25, 0.3) is 0 Å². The first-order valence-corrected chi connectivity index (χ1v) is 10.5. The molecule has 3 rings (SSSR count). The Kier molecular flexibility index (Phi) is 5.81. The Morgan fingerprint density at radius 3 is 2.29 bits per heavy atom. The Labute approximate surface area is 164 Å². The van der Waals surface area contributed by atoms with Crippen molar-refractivity contribution in [1.82, 2.24) is 4.31 Å². The van der Waals surface area contributed by atoms with Crippen molar-refractivity contribution < 1.29 is 18.0 Å². The number of likely N-dealkylation sites (N-methyl/N-ethyl adjacent to an activating group) is 1. The molecule has 1 aliphatic rings. The molecule has 2 N–H and O–H groups in total. The zero-order valence-corrected chi connectivity index (χ0v) is 16.7. The quantitative estimate of drug-likeness (QED) is 0.777. The molecule has 2 aromatic rings. The molecule has 0 unspecified atom stereocenters. The molecule has 0 saturated carbocycles. The van der Waals surface area contributed by atoms with Crippen LogP contribution in [0.2, 0.25) is 0 Å². The van der Waals surface area contributed by atoms with Crippen LogP contribution in [0, 0.1) is 0 Å². The average Bonchev–Trinajstić information content (AvgIpc) is 3.09. The summed E-state index contributed by atoms with van der Waals surface area (Å²) >= 11 is 0. The Bertz CT molecular complexity index is 1000. The van der Waals surface area contributed by atoms with Gasteiger partial charge in [0.1, 0.15) is 0 Å². The highest BCUT2D eigenvalue weighted by Crippen LogP contribution is 2.25. The minimum atomic E-state index is -3.82. The van der Waals surface area contributed by atoms with Gasteiger partial charge in [-0.15, -0.1) is 0 Å². The molecule has 8 heteroatoms. The summed E-state index contributed by atoms with van der Waals surface area (Å²) in [5.74, 6) is -0.644. The van der Waals surface area contributed by atoms with Gasteiger partial charge in [-0.1, -0.05) is 6.07 Å². The van der Waals surface area contributed by atoms with Crippen LogP contribution >= 0.6 is 0 Å². The van der Waals surface area contributed by atoms with E-state index in [-0.39, 0.29) is 17.3 Å². The van der Waals surface area contributed by atoms with Gasteiger partial charge in [0, 0.05) is 25.3 Å². The highest BCUT2D eigenvalue weighted by molar-refractivity contribution is 7.89. The van der Waals surface area contributed by atoms with Gasteiger partial charge >= 0.3 is 0 Å². The third-order valence-electron chi connectivity index (χ3n) is 4.63. The van der Waals surface area contributed by atoms with Crippen LogP contribution in [-0.2, 0) is 32.5 Å². The molecule has 0 spiro atoms. The van der Waals surface area contributed by atoms with Crippen LogP contribution in [-0.4, -0.2) is 38.1 Å². The molecule has 7 nitrogen and oxygen atoms in total. The zero-order chi connectivity index (χ0) is 20.3. The minimum absolute atomic E-state index is 0.0504. The second kappa shape index (κ2) is 8.12. The number of amides is 2. The van der Waals surface area contributed by atoms with Crippen molar-refractivity contribution in [3.05, 3.63) is 53.6 Å². The summed E-state index contributed by atoms with van der Waals surface area (Å²) in [6.45, 7) is 1.07. The summed E-state index contributed by atoms with van der Waals surface area (Å²) < 4.78 is 26.3. The third kappa shape index (κ3) is 4.58. The summed E-state index contributed by atoms with van der Waals surface area (Å²) in [7, 11) is -2.46. The summed E-state index contributed by atoms with van der Waals surface area (Å²) in [5.41, 5.74) is 3.72. The van der Waals surface area contributed by atoms with E-state index in [4.69, 9.17) is 0 Å². The first kappa shape index (κ1) is 20.0. The van der Waals surface area contributed by atoms with Gasteiger partial charge in [0.2, 0.25) is 21.8 Å². The predicted molar refractivity (Wildman–Crippen MR) is 108 cm³/mol. The molecule has 0 bridgehead atoms. The molecule has 1 aliphatic carbocycles. The number of sulfonamides is 1. The molecule has 2 amide bonds.